The third-order valence-corrected chi connectivity index (χ3v) is 4.54. The van der Waals surface area contributed by atoms with E-state index >= 15 is 0 Å². The number of ether oxygens (including phenoxy) is 1. The maximum atomic E-state index is 10.3. The molecule has 0 radical (unpaired) electrons. The van der Waals surface area contributed by atoms with Crippen LogP contribution in [-0.2, 0) is 4.74 Å². The lowest BCUT2D eigenvalue weighted by Gasteiger charge is -2.33. The summed E-state index contributed by atoms with van der Waals surface area (Å²) in [6.07, 6.45) is 14.3. The Morgan fingerprint density at radius 1 is 1.00 bits per heavy atom. The number of aliphatic hydroxyl groups excluding tert-OH is 1. The summed E-state index contributed by atoms with van der Waals surface area (Å²) in [5.41, 5.74) is -0.206. The summed E-state index contributed by atoms with van der Waals surface area (Å²) < 4.78 is 5.62. The Kier molecular flexibility index (Phi) is 7.92. The number of methoxy groups -OCH3 is 1. The first-order valence-electron chi connectivity index (χ1n) is 7.98. The minimum absolute atomic E-state index is 0.206. The van der Waals surface area contributed by atoms with E-state index in [1.165, 1.54) is 51.4 Å². The molecule has 1 aliphatic rings. The summed E-state index contributed by atoms with van der Waals surface area (Å²) in [6.45, 7) is 2.25. The first kappa shape index (κ1) is 16.0. The zero-order chi connectivity index (χ0) is 13.3. The van der Waals surface area contributed by atoms with E-state index in [9.17, 15) is 5.11 Å². The smallest absolute Gasteiger partial charge is 0.0936 e. The fourth-order valence-corrected chi connectivity index (χ4v) is 3.20. The van der Waals surface area contributed by atoms with Crippen molar-refractivity contribution in [1.29, 1.82) is 0 Å². The second-order valence-electron chi connectivity index (χ2n) is 5.90. The predicted octanol–water partition coefficient (Wildman–Crippen LogP) is 4.45. The molecule has 0 saturated heterocycles. The molecule has 0 heterocycles. The Labute approximate surface area is 113 Å². The molecule has 1 atom stereocenters. The van der Waals surface area contributed by atoms with Crippen molar-refractivity contribution in [2.24, 2.45) is 0 Å². The van der Waals surface area contributed by atoms with Crippen LogP contribution in [0.2, 0.25) is 0 Å². The van der Waals surface area contributed by atoms with Gasteiger partial charge in [-0.15, -0.1) is 0 Å². The summed E-state index contributed by atoms with van der Waals surface area (Å²) in [5, 5.41) is 10.3. The third-order valence-electron chi connectivity index (χ3n) is 4.54. The van der Waals surface area contributed by atoms with Crippen LogP contribution in [0.4, 0.5) is 0 Å². The second-order valence-corrected chi connectivity index (χ2v) is 5.90. The van der Waals surface area contributed by atoms with E-state index in [1.54, 1.807) is 7.11 Å². The van der Waals surface area contributed by atoms with E-state index in [0.717, 1.165) is 25.7 Å². The number of rotatable bonds is 10. The summed E-state index contributed by atoms with van der Waals surface area (Å²) in [7, 11) is 1.76. The van der Waals surface area contributed by atoms with Gasteiger partial charge < -0.3 is 9.84 Å². The van der Waals surface area contributed by atoms with Gasteiger partial charge in [0.05, 0.1) is 11.7 Å². The minimum atomic E-state index is -0.249. The molecule has 0 aromatic heterocycles. The van der Waals surface area contributed by atoms with Crippen LogP contribution < -0.4 is 0 Å². The van der Waals surface area contributed by atoms with Gasteiger partial charge in [-0.2, -0.15) is 0 Å². The Balaban J connectivity index is 2.07. The molecule has 1 fully saturated rings. The zero-order valence-electron chi connectivity index (χ0n) is 12.4. The molecule has 0 bridgehead atoms. The maximum absolute atomic E-state index is 10.3. The molecule has 1 aliphatic carbocycles. The van der Waals surface area contributed by atoms with Gasteiger partial charge in [-0.3, -0.25) is 0 Å². The lowest BCUT2D eigenvalue weighted by Crippen LogP contribution is -2.41. The first-order valence-corrected chi connectivity index (χ1v) is 7.98. The highest BCUT2D eigenvalue weighted by Crippen LogP contribution is 2.37. The van der Waals surface area contributed by atoms with Crippen molar-refractivity contribution < 1.29 is 9.84 Å². The van der Waals surface area contributed by atoms with Crippen molar-refractivity contribution in [2.75, 3.05) is 7.11 Å². The SMILES string of the molecule is CCCCCCCCCC(O)C1(OC)CCCC1. The van der Waals surface area contributed by atoms with E-state index < -0.39 is 0 Å². The average molecular weight is 256 g/mol. The molecule has 2 nitrogen and oxygen atoms in total. The second kappa shape index (κ2) is 8.92. The summed E-state index contributed by atoms with van der Waals surface area (Å²) >= 11 is 0. The fraction of sp³-hybridized carbons (Fsp3) is 1.00. The Hall–Kier alpha value is -0.0800. The highest BCUT2D eigenvalue weighted by Gasteiger charge is 2.40. The van der Waals surface area contributed by atoms with E-state index in [2.05, 4.69) is 6.92 Å². The molecule has 0 spiro atoms. The Morgan fingerprint density at radius 2 is 1.56 bits per heavy atom. The molecule has 0 aliphatic heterocycles. The van der Waals surface area contributed by atoms with Gasteiger partial charge in [-0.05, 0) is 19.3 Å². The van der Waals surface area contributed by atoms with Crippen molar-refractivity contribution in [3.8, 4) is 0 Å². The van der Waals surface area contributed by atoms with E-state index in [1.807, 2.05) is 0 Å². The van der Waals surface area contributed by atoms with Crippen LogP contribution >= 0.6 is 0 Å². The number of unbranched alkanes of at least 4 members (excludes halogenated alkanes) is 6. The summed E-state index contributed by atoms with van der Waals surface area (Å²) in [4.78, 5) is 0. The quantitative estimate of drug-likeness (QED) is 0.585. The third kappa shape index (κ3) is 4.89. The van der Waals surface area contributed by atoms with E-state index in [4.69, 9.17) is 4.74 Å². The van der Waals surface area contributed by atoms with Crippen molar-refractivity contribution in [1.82, 2.24) is 0 Å². The van der Waals surface area contributed by atoms with Gasteiger partial charge in [0.25, 0.3) is 0 Å². The molecule has 0 aromatic rings. The van der Waals surface area contributed by atoms with Gasteiger partial charge in [-0.1, -0.05) is 64.7 Å². The molecule has 0 amide bonds. The zero-order valence-corrected chi connectivity index (χ0v) is 12.4. The van der Waals surface area contributed by atoms with Crippen LogP contribution in [0.1, 0.15) is 84.0 Å². The summed E-state index contributed by atoms with van der Waals surface area (Å²) in [6, 6.07) is 0. The fourth-order valence-electron chi connectivity index (χ4n) is 3.20. The highest BCUT2D eigenvalue weighted by molar-refractivity contribution is 4.92. The number of aliphatic hydroxyl groups is 1. The standard InChI is InChI=1S/C16H32O2/c1-3-4-5-6-7-8-9-12-15(17)16(18-2)13-10-11-14-16/h15,17H,3-14H2,1-2H3. The van der Waals surface area contributed by atoms with Crippen LogP contribution in [0.3, 0.4) is 0 Å². The highest BCUT2D eigenvalue weighted by atomic mass is 16.5. The molecule has 1 unspecified atom stereocenters. The number of hydrogen-bond acceptors (Lipinski definition) is 2. The van der Waals surface area contributed by atoms with Crippen molar-refractivity contribution in [3.63, 3.8) is 0 Å². The normalized spacial score (nSPS) is 20.2. The molecular weight excluding hydrogens is 224 g/mol. The molecule has 2 heteroatoms. The molecule has 1 N–H and O–H groups in total. The van der Waals surface area contributed by atoms with Crippen molar-refractivity contribution in [2.45, 2.75) is 95.7 Å². The number of hydrogen-bond donors (Lipinski definition) is 1. The molecule has 1 rings (SSSR count). The average Bonchev–Trinajstić information content (AvgIpc) is 2.87. The Bertz CT molecular complexity index is 197. The van der Waals surface area contributed by atoms with Crippen molar-refractivity contribution in [3.05, 3.63) is 0 Å². The monoisotopic (exact) mass is 256 g/mol. The van der Waals surface area contributed by atoms with Crippen LogP contribution in [0, 0.1) is 0 Å². The van der Waals surface area contributed by atoms with Crippen molar-refractivity contribution >= 4 is 0 Å². The molecule has 1 saturated carbocycles. The van der Waals surface area contributed by atoms with Gasteiger partial charge in [0.1, 0.15) is 0 Å². The lowest BCUT2D eigenvalue weighted by molar-refractivity contribution is -0.101. The molecular formula is C16H32O2. The maximum Gasteiger partial charge on any atom is 0.0936 e. The van der Waals surface area contributed by atoms with Crippen LogP contribution in [-0.4, -0.2) is 23.9 Å². The van der Waals surface area contributed by atoms with Gasteiger partial charge in [-0.25, -0.2) is 0 Å². The summed E-state index contributed by atoms with van der Waals surface area (Å²) in [5.74, 6) is 0. The first-order chi connectivity index (χ1) is 8.75. The van der Waals surface area contributed by atoms with E-state index in [-0.39, 0.29) is 11.7 Å². The minimum Gasteiger partial charge on any atom is -0.390 e. The van der Waals surface area contributed by atoms with Gasteiger partial charge >= 0.3 is 0 Å². The molecule has 18 heavy (non-hydrogen) atoms. The lowest BCUT2D eigenvalue weighted by atomic mass is 9.90. The van der Waals surface area contributed by atoms with Gasteiger partial charge in [0.2, 0.25) is 0 Å². The van der Waals surface area contributed by atoms with Gasteiger partial charge in [0.15, 0.2) is 0 Å². The van der Waals surface area contributed by atoms with Crippen LogP contribution in [0.25, 0.3) is 0 Å². The van der Waals surface area contributed by atoms with E-state index in [0.29, 0.717) is 0 Å². The van der Waals surface area contributed by atoms with Crippen LogP contribution in [0.5, 0.6) is 0 Å². The molecule has 0 aromatic carbocycles. The Morgan fingerprint density at radius 3 is 2.11 bits per heavy atom. The van der Waals surface area contributed by atoms with Gasteiger partial charge in [0, 0.05) is 7.11 Å². The largest absolute Gasteiger partial charge is 0.390 e. The predicted molar refractivity (Wildman–Crippen MR) is 76.8 cm³/mol. The molecule has 108 valence electrons. The topological polar surface area (TPSA) is 29.5 Å². The van der Waals surface area contributed by atoms with Crippen LogP contribution in [0.15, 0.2) is 0 Å².